The fourth-order valence-electron chi connectivity index (χ4n) is 3.95. The molecule has 11 heteroatoms. The SMILES string of the molecule is CCOC(=O)c1c(C)[nH]c(CN(Cc2ccc3c(c2)OCO3)S(=O)(=O)c2ccc(F)cc2F)c1C. The van der Waals surface area contributed by atoms with Crippen LogP contribution in [-0.2, 0) is 27.8 Å². The van der Waals surface area contributed by atoms with Crippen molar-refractivity contribution in [3.05, 3.63) is 76.1 Å². The molecule has 0 saturated carbocycles. The standard InChI is InChI=1S/C24H24F2N2O6S/c1-4-32-24(29)23-14(2)19(27-15(23)3)12-28(11-16-5-7-20-21(9-16)34-13-33-20)35(30,31)22-8-6-17(25)10-18(22)26/h5-10,27H,4,11-13H2,1-3H3. The summed E-state index contributed by atoms with van der Waals surface area (Å²) < 4.78 is 72.0. The van der Waals surface area contributed by atoms with Crippen LogP contribution >= 0.6 is 0 Å². The number of benzene rings is 2. The molecule has 0 radical (unpaired) electrons. The van der Waals surface area contributed by atoms with Crippen LogP contribution in [0.5, 0.6) is 11.5 Å². The zero-order chi connectivity index (χ0) is 25.3. The molecule has 1 aliphatic heterocycles. The van der Waals surface area contributed by atoms with E-state index in [0.717, 1.165) is 16.4 Å². The second-order valence-electron chi connectivity index (χ2n) is 7.98. The van der Waals surface area contributed by atoms with Crippen LogP contribution < -0.4 is 9.47 Å². The summed E-state index contributed by atoms with van der Waals surface area (Å²) in [6.07, 6.45) is 0. The highest BCUT2D eigenvalue weighted by atomic mass is 32.2. The smallest absolute Gasteiger partial charge is 0.340 e. The summed E-state index contributed by atoms with van der Waals surface area (Å²) in [4.78, 5) is 14.8. The number of carbonyl (C=O) groups excluding carboxylic acids is 1. The van der Waals surface area contributed by atoms with Crippen LogP contribution in [0.1, 0.15) is 39.8 Å². The summed E-state index contributed by atoms with van der Waals surface area (Å²) in [6, 6.07) is 7.27. The molecule has 186 valence electrons. The van der Waals surface area contributed by atoms with Gasteiger partial charge in [-0.25, -0.2) is 22.0 Å². The highest BCUT2D eigenvalue weighted by Crippen LogP contribution is 2.34. The minimum atomic E-state index is -4.43. The number of hydrogen-bond acceptors (Lipinski definition) is 6. The molecule has 1 N–H and O–H groups in total. The number of esters is 1. The summed E-state index contributed by atoms with van der Waals surface area (Å²) in [6.45, 7) is 4.93. The van der Waals surface area contributed by atoms with Gasteiger partial charge in [0.25, 0.3) is 0 Å². The van der Waals surface area contributed by atoms with Crippen LogP contribution in [-0.4, -0.2) is 37.1 Å². The van der Waals surface area contributed by atoms with Crippen molar-refractivity contribution >= 4 is 16.0 Å². The highest BCUT2D eigenvalue weighted by Gasteiger charge is 2.31. The number of rotatable bonds is 8. The summed E-state index contributed by atoms with van der Waals surface area (Å²) in [7, 11) is -4.43. The number of ether oxygens (including phenoxy) is 3. The number of sulfonamides is 1. The number of fused-ring (bicyclic) bond motifs is 1. The van der Waals surface area contributed by atoms with Gasteiger partial charge in [0.1, 0.15) is 16.5 Å². The molecule has 0 amide bonds. The molecular weight excluding hydrogens is 482 g/mol. The summed E-state index contributed by atoms with van der Waals surface area (Å²) in [5, 5.41) is 0. The summed E-state index contributed by atoms with van der Waals surface area (Å²) in [5.41, 5.74) is 2.36. The lowest BCUT2D eigenvalue weighted by Crippen LogP contribution is -2.31. The van der Waals surface area contributed by atoms with Crippen molar-refractivity contribution in [2.24, 2.45) is 0 Å². The predicted octanol–water partition coefficient (Wildman–Crippen LogP) is 4.21. The van der Waals surface area contributed by atoms with E-state index in [0.29, 0.717) is 45.6 Å². The minimum Gasteiger partial charge on any atom is -0.462 e. The van der Waals surface area contributed by atoms with Crippen LogP contribution in [0.15, 0.2) is 41.3 Å². The number of aromatic nitrogens is 1. The van der Waals surface area contributed by atoms with Crippen molar-refractivity contribution in [2.75, 3.05) is 13.4 Å². The predicted molar refractivity (Wildman–Crippen MR) is 122 cm³/mol. The summed E-state index contributed by atoms with van der Waals surface area (Å²) in [5.74, 6) is -1.63. The largest absolute Gasteiger partial charge is 0.462 e. The number of hydrogen-bond donors (Lipinski definition) is 1. The molecule has 0 bridgehead atoms. The molecule has 1 aliphatic rings. The Labute approximate surface area is 201 Å². The first-order valence-corrected chi connectivity index (χ1v) is 12.2. The zero-order valence-electron chi connectivity index (χ0n) is 19.4. The van der Waals surface area contributed by atoms with Crippen LogP contribution in [0, 0.1) is 25.5 Å². The fourth-order valence-corrected chi connectivity index (χ4v) is 5.39. The topological polar surface area (TPSA) is 97.9 Å². The second kappa shape index (κ2) is 9.67. The van der Waals surface area contributed by atoms with E-state index < -0.39 is 32.5 Å². The lowest BCUT2D eigenvalue weighted by molar-refractivity contribution is 0.0525. The first-order chi connectivity index (χ1) is 16.6. The summed E-state index contributed by atoms with van der Waals surface area (Å²) >= 11 is 0. The van der Waals surface area contributed by atoms with Crippen molar-refractivity contribution in [3.63, 3.8) is 0 Å². The Balaban J connectivity index is 1.75. The fraction of sp³-hybridized carbons (Fsp3) is 0.292. The maximum Gasteiger partial charge on any atom is 0.340 e. The van der Waals surface area contributed by atoms with Gasteiger partial charge in [0.15, 0.2) is 11.5 Å². The van der Waals surface area contributed by atoms with E-state index in [1.54, 1.807) is 39.0 Å². The van der Waals surface area contributed by atoms with Crippen molar-refractivity contribution in [3.8, 4) is 11.5 Å². The average molecular weight is 507 g/mol. The molecule has 0 atom stereocenters. The molecule has 4 rings (SSSR count). The molecule has 2 heterocycles. The third kappa shape index (κ3) is 4.87. The van der Waals surface area contributed by atoms with E-state index in [9.17, 15) is 22.0 Å². The zero-order valence-corrected chi connectivity index (χ0v) is 20.2. The van der Waals surface area contributed by atoms with E-state index in [1.165, 1.54) is 0 Å². The van der Waals surface area contributed by atoms with Crippen molar-refractivity contribution in [1.82, 2.24) is 9.29 Å². The molecule has 0 fully saturated rings. The lowest BCUT2D eigenvalue weighted by Gasteiger charge is -2.23. The molecule has 0 saturated heterocycles. The van der Waals surface area contributed by atoms with E-state index >= 15 is 0 Å². The van der Waals surface area contributed by atoms with E-state index in [4.69, 9.17) is 14.2 Å². The van der Waals surface area contributed by atoms with Gasteiger partial charge in [-0.3, -0.25) is 0 Å². The quantitative estimate of drug-likeness (QED) is 0.460. The van der Waals surface area contributed by atoms with Crippen LogP contribution in [0.4, 0.5) is 8.78 Å². The van der Waals surface area contributed by atoms with E-state index in [1.807, 2.05) is 0 Å². The molecule has 0 aliphatic carbocycles. The number of aryl methyl sites for hydroxylation is 1. The van der Waals surface area contributed by atoms with Gasteiger partial charge in [0.2, 0.25) is 16.8 Å². The Hall–Kier alpha value is -3.44. The molecule has 3 aromatic rings. The molecule has 2 aromatic carbocycles. The van der Waals surface area contributed by atoms with Crippen LogP contribution in [0.25, 0.3) is 0 Å². The third-order valence-electron chi connectivity index (χ3n) is 5.66. The number of H-pyrrole nitrogens is 1. The number of nitrogens with one attached hydrogen (secondary N) is 1. The Morgan fingerprint density at radius 2 is 1.83 bits per heavy atom. The molecule has 0 unspecified atom stereocenters. The van der Waals surface area contributed by atoms with Gasteiger partial charge >= 0.3 is 5.97 Å². The van der Waals surface area contributed by atoms with Crippen molar-refractivity contribution < 1.29 is 36.2 Å². The first-order valence-electron chi connectivity index (χ1n) is 10.8. The average Bonchev–Trinajstić information content (AvgIpc) is 3.36. The second-order valence-corrected chi connectivity index (χ2v) is 9.89. The highest BCUT2D eigenvalue weighted by molar-refractivity contribution is 7.89. The number of carbonyl (C=O) groups is 1. The number of halogens is 2. The molecule has 35 heavy (non-hydrogen) atoms. The Kier molecular flexibility index (Phi) is 6.82. The maximum absolute atomic E-state index is 14.6. The van der Waals surface area contributed by atoms with Gasteiger partial charge < -0.3 is 19.2 Å². The maximum atomic E-state index is 14.6. The van der Waals surface area contributed by atoms with E-state index in [2.05, 4.69) is 4.98 Å². The molecule has 0 spiro atoms. The first kappa shape index (κ1) is 24.7. The van der Waals surface area contributed by atoms with Crippen molar-refractivity contribution in [2.45, 2.75) is 38.8 Å². The Morgan fingerprint density at radius 1 is 1.09 bits per heavy atom. The minimum absolute atomic E-state index is 0.0547. The Morgan fingerprint density at radius 3 is 2.54 bits per heavy atom. The lowest BCUT2D eigenvalue weighted by atomic mass is 10.1. The molecule has 1 aromatic heterocycles. The Bertz CT molecular complexity index is 1390. The normalized spacial score (nSPS) is 12.9. The number of aromatic amines is 1. The number of nitrogens with zero attached hydrogens (tertiary/aromatic N) is 1. The van der Waals surface area contributed by atoms with Gasteiger partial charge in [0, 0.05) is 24.0 Å². The van der Waals surface area contributed by atoms with Gasteiger partial charge in [-0.2, -0.15) is 4.31 Å². The van der Waals surface area contributed by atoms with Crippen LogP contribution in [0.3, 0.4) is 0 Å². The van der Waals surface area contributed by atoms with Crippen LogP contribution in [0.2, 0.25) is 0 Å². The van der Waals surface area contributed by atoms with E-state index in [-0.39, 0.29) is 26.5 Å². The van der Waals surface area contributed by atoms with Crippen molar-refractivity contribution in [1.29, 1.82) is 0 Å². The van der Waals surface area contributed by atoms with Gasteiger partial charge in [-0.15, -0.1) is 0 Å². The monoisotopic (exact) mass is 506 g/mol. The van der Waals surface area contributed by atoms with Gasteiger partial charge in [0.05, 0.1) is 18.7 Å². The third-order valence-corrected chi connectivity index (χ3v) is 7.49. The van der Waals surface area contributed by atoms with Gasteiger partial charge in [-0.05, 0) is 56.2 Å². The van der Waals surface area contributed by atoms with Gasteiger partial charge in [-0.1, -0.05) is 6.07 Å². The molecular formula is C24H24F2N2O6S. The molecule has 8 nitrogen and oxygen atoms in total.